The van der Waals surface area contributed by atoms with Crippen molar-refractivity contribution in [2.75, 3.05) is 20.7 Å². The Bertz CT molecular complexity index is 446. The van der Waals surface area contributed by atoms with Crippen molar-refractivity contribution in [1.82, 2.24) is 4.90 Å². The Morgan fingerprint density at radius 1 is 1.30 bits per heavy atom. The van der Waals surface area contributed by atoms with Crippen molar-refractivity contribution < 1.29 is 14.6 Å². The summed E-state index contributed by atoms with van der Waals surface area (Å²) < 4.78 is 5.15. The molecule has 0 atom stereocenters. The maximum Gasteiger partial charge on any atom is 0.259 e. The summed E-state index contributed by atoms with van der Waals surface area (Å²) in [7, 11) is 3.56. The van der Waals surface area contributed by atoms with Crippen molar-refractivity contribution in [3.63, 3.8) is 0 Å². The Hall–Kier alpha value is -1.73. The predicted octanol–water partition coefficient (Wildman–Crippen LogP) is 1.45. The van der Waals surface area contributed by atoms with E-state index in [1.165, 1.54) is 0 Å². The van der Waals surface area contributed by atoms with Crippen LogP contribution in [0.1, 0.15) is 5.56 Å². The van der Waals surface area contributed by atoms with Gasteiger partial charge in [-0.1, -0.05) is 30.3 Å². The predicted molar refractivity (Wildman–Crippen MR) is 86.8 cm³/mol. The topological polar surface area (TPSA) is 75.8 Å². The molecule has 0 aliphatic heterocycles. The zero-order valence-electron chi connectivity index (χ0n) is 11.4. The van der Waals surface area contributed by atoms with Crippen LogP contribution in [-0.4, -0.2) is 46.8 Å². The molecule has 3 N–H and O–H groups in total. The highest BCUT2D eigenvalue weighted by Crippen LogP contribution is 2.00. The van der Waals surface area contributed by atoms with Gasteiger partial charge in [-0.15, -0.1) is 0 Å². The van der Waals surface area contributed by atoms with Crippen LogP contribution in [0.4, 0.5) is 0 Å². The minimum atomic E-state index is -0.500. The van der Waals surface area contributed by atoms with E-state index in [0.717, 1.165) is 5.56 Å². The molecule has 0 spiro atoms. The standard InChI is InChI=1S/C12H15NO2S.CH3NOS/c1-13(2)12(16)15-9-11(14)8-10-6-4-3-5-7-10;2-1(3)4/h3-7H,8-9H2,1-2H3;(H3,2,3,4). The van der Waals surface area contributed by atoms with E-state index in [2.05, 4.69) is 18.0 Å². The average Bonchev–Trinajstić information content (AvgIpc) is 2.36. The first-order valence-electron chi connectivity index (χ1n) is 5.71. The molecule has 110 valence electrons. The number of carbonyl (C=O) groups excluding carboxylic acids is 1. The Labute approximate surface area is 129 Å². The molecular weight excluding hydrogens is 296 g/mol. The Morgan fingerprint density at radius 3 is 2.25 bits per heavy atom. The number of rotatable bonds is 4. The summed E-state index contributed by atoms with van der Waals surface area (Å²) in [5, 5.41) is 7.40. The van der Waals surface area contributed by atoms with Gasteiger partial charge in [0.1, 0.15) is 6.61 Å². The van der Waals surface area contributed by atoms with Crippen LogP contribution in [-0.2, 0) is 16.0 Å². The molecule has 20 heavy (non-hydrogen) atoms. The Balaban J connectivity index is 0.000000796. The molecule has 5 nitrogen and oxygen atoms in total. The highest BCUT2D eigenvalue weighted by molar-refractivity contribution is 7.80. The summed E-state index contributed by atoms with van der Waals surface area (Å²) in [6.07, 6.45) is 0.386. The second-order valence-electron chi connectivity index (χ2n) is 3.99. The first kappa shape index (κ1) is 18.3. The minimum absolute atomic E-state index is 0.0235. The molecule has 0 bridgehead atoms. The Morgan fingerprint density at radius 2 is 1.80 bits per heavy atom. The van der Waals surface area contributed by atoms with Gasteiger partial charge in [0.15, 0.2) is 5.78 Å². The first-order chi connectivity index (χ1) is 9.32. The molecule has 0 unspecified atom stereocenters. The smallest absolute Gasteiger partial charge is 0.259 e. The lowest BCUT2D eigenvalue weighted by molar-refractivity contribution is -0.120. The van der Waals surface area contributed by atoms with Crippen molar-refractivity contribution in [3.05, 3.63) is 35.9 Å². The number of nitrogens with zero attached hydrogens (tertiary/aromatic N) is 1. The number of ether oxygens (including phenoxy) is 1. The third-order valence-electron chi connectivity index (χ3n) is 1.97. The second kappa shape index (κ2) is 10.1. The second-order valence-corrected chi connectivity index (χ2v) is 4.76. The lowest BCUT2D eigenvalue weighted by Gasteiger charge is -2.13. The lowest BCUT2D eigenvalue weighted by atomic mass is 10.1. The van der Waals surface area contributed by atoms with Gasteiger partial charge in [-0.05, 0) is 30.0 Å². The van der Waals surface area contributed by atoms with Gasteiger partial charge in [0, 0.05) is 20.5 Å². The third-order valence-corrected chi connectivity index (χ3v) is 2.45. The molecule has 0 saturated carbocycles. The number of aliphatic hydroxyl groups is 1. The van der Waals surface area contributed by atoms with Crippen molar-refractivity contribution >= 4 is 40.6 Å². The fourth-order valence-corrected chi connectivity index (χ4v) is 1.20. The third kappa shape index (κ3) is 10.2. The molecule has 1 aromatic rings. The van der Waals surface area contributed by atoms with E-state index in [4.69, 9.17) is 22.1 Å². The van der Waals surface area contributed by atoms with Gasteiger partial charge < -0.3 is 20.5 Å². The van der Waals surface area contributed by atoms with Crippen LogP contribution >= 0.6 is 24.4 Å². The van der Waals surface area contributed by atoms with E-state index < -0.39 is 5.17 Å². The molecular formula is C13H18N2O3S2. The summed E-state index contributed by atoms with van der Waals surface area (Å²) in [4.78, 5) is 13.2. The summed E-state index contributed by atoms with van der Waals surface area (Å²) in [6.45, 7) is 0.0336. The quantitative estimate of drug-likeness (QED) is 0.815. The molecule has 0 aliphatic carbocycles. The largest absolute Gasteiger partial charge is 0.487 e. The highest BCUT2D eigenvalue weighted by atomic mass is 32.1. The van der Waals surface area contributed by atoms with E-state index in [0.29, 0.717) is 11.6 Å². The monoisotopic (exact) mass is 314 g/mol. The SMILES string of the molecule is CN(C)C(=S)OCC(=O)Cc1ccccc1.NC(O)=S. The van der Waals surface area contributed by atoms with E-state index in [-0.39, 0.29) is 12.4 Å². The highest BCUT2D eigenvalue weighted by Gasteiger charge is 2.06. The molecule has 0 fully saturated rings. The van der Waals surface area contributed by atoms with Gasteiger partial charge in [0.25, 0.3) is 10.3 Å². The van der Waals surface area contributed by atoms with Crippen molar-refractivity contribution in [1.29, 1.82) is 0 Å². The van der Waals surface area contributed by atoms with E-state index >= 15 is 0 Å². The molecule has 7 heteroatoms. The summed E-state index contributed by atoms with van der Waals surface area (Å²) in [6, 6.07) is 9.58. The molecule has 0 aliphatic rings. The normalized spacial score (nSPS) is 8.90. The van der Waals surface area contributed by atoms with Crippen LogP contribution in [0.15, 0.2) is 30.3 Å². The van der Waals surface area contributed by atoms with E-state index in [9.17, 15) is 4.79 Å². The summed E-state index contributed by atoms with van der Waals surface area (Å²) in [5.41, 5.74) is 5.39. The number of carbonyl (C=O) groups is 1. The van der Waals surface area contributed by atoms with Crippen molar-refractivity contribution in [2.45, 2.75) is 6.42 Å². The maximum absolute atomic E-state index is 11.5. The van der Waals surface area contributed by atoms with Crippen LogP contribution in [0.25, 0.3) is 0 Å². The van der Waals surface area contributed by atoms with Gasteiger partial charge in [0.2, 0.25) is 0 Å². The molecule has 0 saturated heterocycles. The number of benzene rings is 1. The fraction of sp³-hybridized carbons (Fsp3) is 0.308. The number of hydrogen-bond acceptors (Lipinski definition) is 4. The molecule has 0 amide bonds. The molecule has 1 aromatic carbocycles. The van der Waals surface area contributed by atoms with Gasteiger partial charge in [-0.3, -0.25) is 4.79 Å². The van der Waals surface area contributed by atoms with Crippen LogP contribution in [0.3, 0.4) is 0 Å². The fourth-order valence-electron chi connectivity index (χ4n) is 1.15. The number of aliphatic hydroxyl groups excluding tert-OH is 1. The van der Waals surface area contributed by atoms with E-state index in [1.807, 2.05) is 30.3 Å². The van der Waals surface area contributed by atoms with Gasteiger partial charge in [-0.25, -0.2) is 0 Å². The van der Waals surface area contributed by atoms with Crippen molar-refractivity contribution in [3.8, 4) is 0 Å². The maximum atomic E-state index is 11.5. The number of hydrogen-bond donors (Lipinski definition) is 2. The molecule has 1 rings (SSSR count). The Kier molecular flexibility index (Phi) is 9.23. The van der Waals surface area contributed by atoms with Gasteiger partial charge >= 0.3 is 0 Å². The summed E-state index contributed by atoms with van der Waals surface area (Å²) in [5.74, 6) is 0.0235. The van der Waals surface area contributed by atoms with Crippen LogP contribution in [0.2, 0.25) is 0 Å². The molecule has 0 radical (unpaired) electrons. The van der Waals surface area contributed by atoms with Gasteiger partial charge in [-0.2, -0.15) is 0 Å². The number of thiocarbonyl (C=S) groups is 2. The number of ketones is 1. The summed E-state index contributed by atoms with van der Waals surface area (Å²) >= 11 is 8.78. The molecule has 0 aromatic heterocycles. The van der Waals surface area contributed by atoms with E-state index in [1.54, 1.807) is 19.0 Å². The zero-order valence-corrected chi connectivity index (χ0v) is 13.0. The van der Waals surface area contributed by atoms with Crippen LogP contribution < -0.4 is 5.73 Å². The average molecular weight is 314 g/mol. The lowest BCUT2D eigenvalue weighted by Crippen LogP contribution is -2.25. The zero-order chi connectivity index (χ0) is 15.5. The van der Waals surface area contributed by atoms with Crippen LogP contribution in [0, 0.1) is 0 Å². The first-order valence-corrected chi connectivity index (χ1v) is 6.52. The number of Topliss-reactive ketones (excluding diaryl/α,β-unsaturated/α-hetero) is 1. The van der Waals surface area contributed by atoms with Crippen molar-refractivity contribution in [2.24, 2.45) is 5.73 Å². The minimum Gasteiger partial charge on any atom is -0.487 e. The van der Waals surface area contributed by atoms with Crippen LogP contribution in [0.5, 0.6) is 0 Å². The number of nitrogens with two attached hydrogens (primary N) is 1. The van der Waals surface area contributed by atoms with Gasteiger partial charge in [0.05, 0.1) is 0 Å². The molecule has 0 heterocycles.